The lowest BCUT2D eigenvalue weighted by molar-refractivity contribution is 0.0299. The normalized spacial score (nSPS) is 14.2. The van der Waals surface area contributed by atoms with Crippen molar-refractivity contribution in [2.24, 2.45) is 11.8 Å². The quantitative estimate of drug-likeness (QED) is 0.213. The first-order chi connectivity index (χ1) is 11.0. The van der Waals surface area contributed by atoms with E-state index in [1.165, 1.54) is 51.4 Å². The Kier molecular flexibility index (Phi) is 14.6. The molecule has 0 aromatic heterocycles. The van der Waals surface area contributed by atoms with Crippen molar-refractivity contribution in [3.63, 3.8) is 0 Å². The molecule has 136 valence electrons. The molecule has 0 saturated carbocycles. The number of hydrogen-bond donors (Lipinski definition) is 0. The van der Waals surface area contributed by atoms with E-state index in [1.54, 1.807) is 0 Å². The highest BCUT2D eigenvalue weighted by molar-refractivity contribution is 4.86. The molecule has 0 heterocycles. The molecule has 0 saturated heterocycles. The van der Waals surface area contributed by atoms with E-state index in [4.69, 9.17) is 4.74 Å². The Morgan fingerprint density at radius 2 is 0.957 bits per heavy atom. The van der Waals surface area contributed by atoms with Gasteiger partial charge in [0.2, 0.25) is 0 Å². The zero-order valence-corrected chi connectivity index (χ0v) is 16.4. The maximum atomic E-state index is 6.17. The summed E-state index contributed by atoms with van der Waals surface area (Å²) >= 11 is 0. The van der Waals surface area contributed by atoms with E-state index in [1.807, 2.05) is 12.2 Å². The minimum Gasteiger partial charge on any atom is -0.367 e. The van der Waals surface area contributed by atoms with Crippen LogP contribution in [0.1, 0.15) is 91.9 Å². The standard InChI is InChI=1S/C22H42O/c1-7-21(17-13-9-11-15-19(3)4)23-22(8-2)18-14-10-12-16-20(5)6/h7-8,19-22H,1-2,9-18H2,3-6H3. The van der Waals surface area contributed by atoms with Crippen LogP contribution in [-0.2, 0) is 4.74 Å². The maximum Gasteiger partial charge on any atom is 0.0761 e. The first kappa shape index (κ1) is 22.4. The van der Waals surface area contributed by atoms with E-state index in [0.29, 0.717) is 0 Å². The van der Waals surface area contributed by atoms with E-state index in [2.05, 4.69) is 40.9 Å². The Morgan fingerprint density at radius 3 is 1.26 bits per heavy atom. The van der Waals surface area contributed by atoms with Crippen molar-refractivity contribution < 1.29 is 4.74 Å². The lowest BCUT2D eigenvalue weighted by Crippen LogP contribution is -2.19. The van der Waals surface area contributed by atoms with Gasteiger partial charge in [0.1, 0.15) is 0 Å². The molecule has 0 aromatic carbocycles. The molecular formula is C22H42O. The van der Waals surface area contributed by atoms with Gasteiger partial charge in [0.25, 0.3) is 0 Å². The molecule has 0 bridgehead atoms. The Labute approximate surface area is 146 Å². The Morgan fingerprint density at radius 1 is 0.609 bits per heavy atom. The van der Waals surface area contributed by atoms with Crippen LogP contribution in [0.3, 0.4) is 0 Å². The molecule has 0 amide bonds. The van der Waals surface area contributed by atoms with Gasteiger partial charge in [-0.2, -0.15) is 0 Å². The van der Waals surface area contributed by atoms with E-state index in [-0.39, 0.29) is 12.2 Å². The van der Waals surface area contributed by atoms with Gasteiger partial charge in [0, 0.05) is 0 Å². The predicted molar refractivity (Wildman–Crippen MR) is 105 cm³/mol. The van der Waals surface area contributed by atoms with Gasteiger partial charge in [-0.05, 0) is 24.7 Å². The molecule has 1 nitrogen and oxygen atoms in total. The van der Waals surface area contributed by atoms with Crippen molar-refractivity contribution in [1.82, 2.24) is 0 Å². The summed E-state index contributed by atoms with van der Waals surface area (Å²) in [5.74, 6) is 1.64. The van der Waals surface area contributed by atoms with Crippen molar-refractivity contribution in [2.75, 3.05) is 0 Å². The van der Waals surface area contributed by atoms with Crippen LogP contribution in [0.15, 0.2) is 25.3 Å². The Balaban J connectivity index is 3.83. The molecule has 0 N–H and O–H groups in total. The van der Waals surface area contributed by atoms with Crippen molar-refractivity contribution in [1.29, 1.82) is 0 Å². The molecule has 0 radical (unpaired) electrons. The molecular weight excluding hydrogens is 280 g/mol. The molecule has 2 unspecified atom stereocenters. The summed E-state index contributed by atoms with van der Waals surface area (Å²) in [5.41, 5.74) is 0. The number of rotatable bonds is 16. The summed E-state index contributed by atoms with van der Waals surface area (Å²) in [6, 6.07) is 0. The van der Waals surface area contributed by atoms with Gasteiger partial charge in [-0.1, -0.05) is 91.2 Å². The van der Waals surface area contributed by atoms with Gasteiger partial charge in [-0.25, -0.2) is 0 Å². The van der Waals surface area contributed by atoms with Gasteiger partial charge in [0.15, 0.2) is 0 Å². The Hall–Kier alpha value is -0.560. The summed E-state index contributed by atoms with van der Waals surface area (Å²) in [7, 11) is 0. The van der Waals surface area contributed by atoms with Gasteiger partial charge in [-0.15, -0.1) is 13.2 Å². The molecule has 2 atom stereocenters. The fraction of sp³-hybridized carbons (Fsp3) is 0.818. The predicted octanol–water partition coefficient (Wildman–Crippen LogP) is 7.33. The van der Waals surface area contributed by atoms with Crippen LogP contribution in [0.4, 0.5) is 0 Å². The molecule has 1 heteroatoms. The number of unbranched alkanes of at least 4 members (excludes halogenated alkanes) is 4. The average molecular weight is 323 g/mol. The third-order valence-electron chi connectivity index (χ3n) is 4.42. The number of hydrogen-bond acceptors (Lipinski definition) is 1. The zero-order valence-electron chi connectivity index (χ0n) is 16.4. The van der Waals surface area contributed by atoms with Gasteiger partial charge < -0.3 is 4.74 Å². The van der Waals surface area contributed by atoms with Crippen LogP contribution >= 0.6 is 0 Å². The van der Waals surface area contributed by atoms with Crippen LogP contribution in [0.25, 0.3) is 0 Å². The molecule has 0 spiro atoms. The van der Waals surface area contributed by atoms with Crippen molar-refractivity contribution in [3.05, 3.63) is 25.3 Å². The van der Waals surface area contributed by atoms with E-state index < -0.39 is 0 Å². The van der Waals surface area contributed by atoms with Crippen LogP contribution < -0.4 is 0 Å². The van der Waals surface area contributed by atoms with Gasteiger partial charge in [-0.3, -0.25) is 0 Å². The molecule has 0 aromatic rings. The minimum absolute atomic E-state index is 0.188. The maximum absolute atomic E-state index is 6.17. The summed E-state index contributed by atoms with van der Waals surface area (Å²) in [4.78, 5) is 0. The van der Waals surface area contributed by atoms with E-state index >= 15 is 0 Å². The largest absolute Gasteiger partial charge is 0.367 e. The average Bonchev–Trinajstić information content (AvgIpc) is 2.50. The highest BCUT2D eigenvalue weighted by Crippen LogP contribution is 2.17. The zero-order chi connectivity index (χ0) is 17.5. The number of ether oxygens (including phenoxy) is 1. The third kappa shape index (κ3) is 14.7. The third-order valence-corrected chi connectivity index (χ3v) is 4.42. The van der Waals surface area contributed by atoms with Crippen molar-refractivity contribution in [2.45, 2.75) is 104 Å². The fourth-order valence-electron chi connectivity index (χ4n) is 2.86. The van der Waals surface area contributed by atoms with E-state index in [0.717, 1.165) is 24.7 Å². The fourth-order valence-corrected chi connectivity index (χ4v) is 2.86. The second kappa shape index (κ2) is 15.0. The second-order valence-electron chi connectivity index (χ2n) is 7.75. The molecule has 0 rings (SSSR count). The van der Waals surface area contributed by atoms with Gasteiger partial charge in [0.05, 0.1) is 12.2 Å². The molecule has 0 fully saturated rings. The van der Waals surface area contributed by atoms with Crippen molar-refractivity contribution >= 4 is 0 Å². The van der Waals surface area contributed by atoms with Crippen LogP contribution in [0.5, 0.6) is 0 Å². The Bertz CT molecular complexity index is 252. The lowest BCUT2D eigenvalue weighted by Gasteiger charge is -2.20. The first-order valence-electron chi connectivity index (χ1n) is 9.90. The monoisotopic (exact) mass is 322 g/mol. The molecule has 0 aliphatic rings. The summed E-state index contributed by atoms with van der Waals surface area (Å²) in [5, 5.41) is 0. The van der Waals surface area contributed by atoms with Crippen LogP contribution in [0, 0.1) is 11.8 Å². The molecule has 0 aliphatic carbocycles. The first-order valence-corrected chi connectivity index (χ1v) is 9.90. The SMILES string of the molecule is C=CC(CCCCCC(C)C)OC(C=C)CCCCCC(C)C. The smallest absolute Gasteiger partial charge is 0.0761 e. The second-order valence-corrected chi connectivity index (χ2v) is 7.75. The highest BCUT2D eigenvalue weighted by Gasteiger charge is 2.11. The highest BCUT2D eigenvalue weighted by atomic mass is 16.5. The molecule has 0 aliphatic heterocycles. The lowest BCUT2D eigenvalue weighted by atomic mass is 10.0. The van der Waals surface area contributed by atoms with Crippen LogP contribution in [-0.4, -0.2) is 12.2 Å². The summed E-state index contributed by atoms with van der Waals surface area (Å²) in [6.45, 7) is 17.1. The minimum atomic E-state index is 0.188. The van der Waals surface area contributed by atoms with Crippen LogP contribution in [0.2, 0.25) is 0 Å². The van der Waals surface area contributed by atoms with Crippen molar-refractivity contribution in [3.8, 4) is 0 Å². The summed E-state index contributed by atoms with van der Waals surface area (Å²) < 4.78 is 6.17. The van der Waals surface area contributed by atoms with E-state index in [9.17, 15) is 0 Å². The van der Waals surface area contributed by atoms with Gasteiger partial charge >= 0.3 is 0 Å². The summed E-state index contributed by atoms with van der Waals surface area (Å²) in [6.07, 6.45) is 16.9. The molecule has 23 heavy (non-hydrogen) atoms. The topological polar surface area (TPSA) is 9.23 Å².